The van der Waals surface area contributed by atoms with Crippen LogP contribution in [0.4, 0.5) is 0 Å². The number of hydrogen-bond donors (Lipinski definition) is 0. The van der Waals surface area contributed by atoms with Crippen LogP contribution in [0.3, 0.4) is 0 Å². The molecule has 0 aliphatic heterocycles. The lowest BCUT2D eigenvalue weighted by molar-refractivity contribution is 0.0920. The second-order valence-electron chi connectivity index (χ2n) is 7.44. The number of methoxy groups -OCH3 is 1. The minimum Gasteiger partial charge on any atom is -0.497 e. The minimum absolute atomic E-state index is 0.0102. The first-order valence-corrected chi connectivity index (χ1v) is 11.4. The van der Waals surface area contributed by atoms with Crippen molar-refractivity contribution < 1.29 is 22.7 Å². The Morgan fingerprint density at radius 1 is 0.839 bits per heavy atom. The summed E-state index contributed by atoms with van der Waals surface area (Å²) < 4.78 is 32.0. The van der Waals surface area contributed by atoms with Gasteiger partial charge in [-0.15, -0.1) is 0 Å². The van der Waals surface area contributed by atoms with E-state index < -0.39 is 33.1 Å². The van der Waals surface area contributed by atoms with Crippen LogP contribution in [-0.2, 0) is 9.84 Å². The van der Waals surface area contributed by atoms with Crippen LogP contribution >= 0.6 is 0 Å². The fraction of sp³-hybridized carbons (Fsp3) is 0.200. The maximum Gasteiger partial charge on any atom is 0.189 e. The summed E-state index contributed by atoms with van der Waals surface area (Å²) in [6.07, 6.45) is -0.449. The van der Waals surface area contributed by atoms with Gasteiger partial charge in [0.05, 0.1) is 12.0 Å². The summed E-state index contributed by atoms with van der Waals surface area (Å²) in [6.45, 7) is 3.74. The van der Waals surface area contributed by atoms with E-state index >= 15 is 0 Å². The smallest absolute Gasteiger partial charge is 0.189 e. The Morgan fingerprint density at radius 3 is 2.00 bits per heavy atom. The van der Waals surface area contributed by atoms with E-state index in [0.717, 1.165) is 11.1 Å². The quantitative estimate of drug-likeness (QED) is 0.482. The first-order chi connectivity index (χ1) is 14.7. The highest BCUT2D eigenvalue weighted by Gasteiger charge is 2.36. The predicted octanol–water partition coefficient (Wildman–Crippen LogP) is 4.61. The lowest BCUT2D eigenvalue weighted by Crippen LogP contribution is -2.33. The van der Waals surface area contributed by atoms with Gasteiger partial charge in [0, 0.05) is 17.5 Å². The van der Waals surface area contributed by atoms with Crippen molar-refractivity contribution in [2.75, 3.05) is 7.11 Å². The number of hydrogen-bond acceptors (Lipinski definition) is 5. The molecule has 0 saturated carbocycles. The summed E-state index contributed by atoms with van der Waals surface area (Å²) in [4.78, 5) is 26.3. The SMILES string of the molecule is COc1cccc(C(=O)[C@@H](CC(=O)c2ccc(C)cc2)S(=O)(=O)c2ccc(C)cc2)c1. The number of benzene rings is 3. The van der Waals surface area contributed by atoms with Crippen LogP contribution in [0.2, 0.25) is 0 Å². The molecule has 0 amide bonds. The first-order valence-electron chi connectivity index (χ1n) is 9.81. The average Bonchev–Trinajstić information content (AvgIpc) is 2.77. The van der Waals surface area contributed by atoms with Gasteiger partial charge in [0.2, 0.25) is 0 Å². The van der Waals surface area contributed by atoms with Crippen LogP contribution in [-0.4, -0.2) is 32.3 Å². The molecule has 31 heavy (non-hydrogen) atoms. The summed E-state index contributed by atoms with van der Waals surface area (Å²) >= 11 is 0. The topological polar surface area (TPSA) is 77.5 Å². The molecule has 0 bridgehead atoms. The Bertz CT molecular complexity index is 1190. The lowest BCUT2D eigenvalue weighted by atomic mass is 10.0. The third-order valence-corrected chi connectivity index (χ3v) is 7.17. The molecule has 0 aliphatic rings. The Hall–Kier alpha value is -3.25. The highest BCUT2D eigenvalue weighted by atomic mass is 32.2. The maximum atomic E-state index is 13.4. The molecule has 0 fully saturated rings. The number of carbonyl (C=O) groups is 2. The molecule has 0 spiro atoms. The fourth-order valence-corrected chi connectivity index (χ4v) is 4.86. The zero-order chi connectivity index (χ0) is 22.6. The van der Waals surface area contributed by atoms with Crippen LogP contribution in [0, 0.1) is 13.8 Å². The van der Waals surface area contributed by atoms with Gasteiger partial charge in [0.15, 0.2) is 21.4 Å². The largest absolute Gasteiger partial charge is 0.497 e. The van der Waals surface area contributed by atoms with Gasteiger partial charge < -0.3 is 4.74 Å². The van der Waals surface area contributed by atoms with E-state index in [4.69, 9.17) is 4.74 Å². The number of aryl methyl sites for hydroxylation is 2. The number of ketones is 2. The molecule has 0 aliphatic carbocycles. The molecular formula is C25H24O5S. The van der Waals surface area contributed by atoms with E-state index in [-0.39, 0.29) is 10.5 Å². The van der Waals surface area contributed by atoms with E-state index in [0.29, 0.717) is 11.3 Å². The van der Waals surface area contributed by atoms with Crippen molar-refractivity contribution in [1.82, 2.24) is 0 Å². The van der Waals surface area contributed by atoms with Crippen molar-refractivity contribution in [3.8, 4) is 5.75 Å². The van der Waals surface area contributed by atoms with Crippen molar-refractivity contribution in [1.29, 1.82) is 0 Å². The molecule has 0 N–H and O–H groups in total. The number of Topliss-reactive ketones (excluding diaryl/α,β-unsaturated/α-hetero) is 2. The van der Waals surface area contributed by atoms with Crippen LogP contribution in [0.25, 0.3) is 0 Å². The molecule has 1 atom stereocenters. The molecule has 3 rings (SSSR count). The van der Waals surface area contributed by atoms with E-state index in [1.165, 1.54) is 31.4 Å². The summed E-state index contributed by atoms with van der Waals surface area (Å²) in [5.41, 5.74) is 2.42. The van der Waals surface area contributed by atoms with Gasteiger partial charge >= 0.3 is 0 Å². The molecule has 0 radical (unpaired) electrons. The highest BCUT2D eigenvalue weighted by Crippen LogP contribution is 2.25. The van der Waals surface area contributed by atoms with E-state index in [9.17, 15) is 18.0 Å². The highest BCUT2D eigenvalue weighted by molar-refractivity contribution is 7.92. The van der Waals surface area contributed by atoms with E-state index in [2.05, 4.69) is 0 Å². The summed E-state index contributed by atoms with van der Waals surface area (Å²) in [5.74, 6) is -0.612. The van der Waals surface area contributed by atoms with Crippen molar-refractivity contribution in [3.05, 3.63) is 95.1 Å². The van der Waals surface area contributed by atoms with Crippen LogP contribution in [0.1, 0.15) is 38.3 Å². The summed E-state index contributed by atoms with van der Waals surface area (Å²) in [5, 5.41) is -1.55. The molecule has 0 saturated heterocycles. The standard InChI is InChI=1S/C25H24O5S/c1-17-7-11-19(12-8-17)23(26)16-24(25(27)20-5-4-6-21(15-20)30-3)31(28,29)22-13-9-18(2)10-14-22/h4-15,24H,16H2,1-3H3/t24-/m1/s1. The van der Waals surface area contributed by atoms with E-state index in [1.807, 2.05) is 13.8 Å². The number of carbonyl (C=O) groups excluding carboxylic acids is 2. The van der Waals surface area contributed by atoms with Gasteiger partial charge in [0.25, 0.3) is 0 Å². The third kappa shape index (κ3) is 5.09. The maximum absolute atomic E-state index is 13.4. The second kappa shape index (κ2) is 9.27. The number of rotatable bonds is 8. The van der Waals surface area contributed by atoms with Gasteiger partial charge in [-0.1, -0.05) is 59.7 Å². The Balaban J connectivity index is 2.04. The van der Waals surface area contributed by atoms with Gasteiger partial charge in [-0.25, -0.2) is 8.42 Å². The zero-order valence-electron chi connectivity index (χ0n) is 17.7. The van der Waals surface area contributed by atoms with Crippen LogP contribution < -0.4 is 4.74 Å². The van der Waals surface area contributed by atoms with E-state index in [1.54, 1.807) is 48.5 Å². The molecule has 3 aromatic rings. The molecule has 0 aromatic heterocycles. The van der Waals surface area contributed by atoms with Gasteiger partial charge in [-0.2, -0.15) is 0 Å². The van der Waals surface area contributed by atoms with Crippen LogP contribution in [0.5, 0.6) is 5.75 Å². The van der Waals surface area contributed by atoms with Crippen molar-refractivity contribution in [2.24, 2.45) is 0 Å². The average molecular weight is 437 g/mol. The third-order valence-electron chi connectivity index (χ3n) is 5.12. The molecule has 0 heterocycles. The second-order valence-corrected chi connectivity index (χ2v) is 9.57. The van der Waals surface area contributed by atoms with Crippen molar-refractivity contribution >= 4 is 21.4 Å². The first kappa shape index (κ1) is 22.4. The zero-order valence-corrected chi connectivity index (χ0v) is 18.5. The number of ether oxygens (including phenoxy) is 1. The Kier molecular flexibility index (Phi) is 6.71. The Morgan fingerprint density at radius 2 is 1.42 bits per heavy atom. The molecule has 160 valence electrons. The Labute approximate surface area is 182 Å². The monoisotopic (exact) mass is 436 g/mol. The fourth-order valence-electron chi connectivity index (χ4n) is 3.22. The van der Waals surface area contributed by atoms with Gasteiger partial charge in [-0.3, -0.25) is 9.59 Å². The molecular weight excluding hydrogens is 412 g/mol. The summed E-state index contributed by atoms with van der Waals surface area (Å²) in [6, 6.07) is 19.4. The van der Waals surface area contributed by atoms with Gasteiger partial charge in [0.1, 0.15) is 11.0 Å². The minimum atomic E-state index is -4.11. The van der Waals surface area contributed by atoms with Crippen LogP contribution in [0.15, 0.2) is 77.7 Å². The lowest BCUT2D eigenvalue weighted by Gasteiger charge is -2.17. The summed E-state index contributed by atoms with van der Waals surface area (Å²) in [7, 11) is -2.64. The molecule has 6 heteroatoms. The molecule has 0 unspecified atom stereocenters. The van der Waals surface area contributed by atoms with Crippen molar-refractivity contribution in [2.45, 2.75) is 30.4 Å². The number of sulfone groups is 1. The predicted molar refractivity (Wildman–Crippen MR) is 120 cm³/mol. The van der Waals surface area contributed by atoms with Crippen molar-refractivity contribution in [3.63, 3.8) is 0 Å². The van der Waals surface area contributed by atoms with Gasteiger partial charge in [-0.05, 0) is 38.1 Å². The normalized spacial score (nSPS) is 12.2. The molecule has 3 aromatic carbocycles. The molecule has 5 nitrogen and oxygen atoms in total.